The molecule has 0 unspecified atom stereocenters. The summed E-state index contributed by atoms with van der Waals surface area (Å²) in [6.07, 6.45) is 0. The van der Waals surface area contributed by atoms with Gasteiger partial charge in [-0.1, -0.05) is 30.3 Å². The van der Waals surface area contributed by atoms with Crippen LogP contribution in [0.2, 0.25) is 0 Å². The first-order chi connectivity index (χ1) is 9.13. The largest absolute Gasteiger partial charge is 0.460 e. The molecule has 1 rings (SSSR count). The summed E-state index contributed by atoms with van der Waals surface area (Å²) >= 11 is 0. The van der Waals surface area contributed by atoms with Crippen molar-refractivity contribution in [2.75, 3.05) is 0 Å². The standard InChI is InChI=1S/C16H22O4/c1-15(2,3)20-14(18)16(4,5)13(17)19-11-12-9-7-6-8-10-12/h6-10H,11H2,1-5H3. The van der Waals surface area contributed by atoms with E-state index in [2.05, 4.69) is 0 Å². The van der Waals surface area contributed by atoms with Crippen molar-refractivity contribution < 1.29 is 19.1 Å². The summed E-state index contributed by atoms with van der Waals surface area (Å²) in [6, 6.07) is 9.32. The maximum absolute atomic E-state index is 12.0. The van der Waals surface area contributed by atoms with Crippen LogP contribution in [0, 0.1) is 5.41 Å². The fraction of sp³-hybridized carbons (Fsp3) is 0.500. The van der Waals surface area contributed by atoms with Crippen LogP contribution in [0.4, 0.5) is 0 Å². The lowest BCUT2D eigenvalue weighted by Crippen LogP contribution is -2.40. The minimum Gasteiger partial charge on any atom is -0.460 e. The van der Waals surface area contributed by atoms with Crippen LogP contribution in [-0.2, 0) is 25.7 Å². The van der Waals surface area contributed by atoms with Gasteiger partial charge in [0.1, 0.15) is 12.2 Å². The molecule has 0 radical (unpaired) electrons. The van der Waals surface area contributed by atoms with Crippen molar-refractivity contribution in [1.29, 1.82) is 0 Å². The third kappa shape index (κ3) is 4.68. The average Bonchev–Trinajstić information content (AvgIpc) is 2.35. The zero-order chi connectivity index (χ0) is 15.4. The molecule has 20 heavy (non-hydrogen) atoms. The minimum absolute atomic E-state index is 0.145. The molecule has 0 amide bonds. The zero-order valence-electron chi connectivity index (χ0n) is 12.7. The Hall–Kier alpha value is -1.84. The lowest BCUT2D eigenvalue weighted by Gasteiger charge is -2.26. The van der Waals surface area contributed by atoms with Crippen LogP contribution >= 0.6 is 0 Å². The second kappa shape index (κ2) is 6.07. The quantitative estimate of drug-likeness (QED) is 0.627. The smallest absolute Gasteiger partial charge is 0.323 e. The molecule has 0 N–H and O–H groups in total. The van der Waals surface area contributed by atoms with Gasteiger partial charge in [-0.2, -0.15) is 0 Å². The SMILES string of the molecule is CC(C)(C)OC(=O)C(C)(C)C(=O)OCc1ccccc1. The molecule has 0 saturated carbocycles. The predicted molar refractivity (Wildman–Crippen MR) is 75.9 cm³/mol. The summed E-state index contributed by atoms with van der Waals surface area (Å²) < 4.78 is 10.4. The Bertz CT molecular complexity index is 469. The van der Waals surface area contributed by atoms with Crippen LogP contribution < -0.4 is 0 Å². The van der Waals surface area contributed by atoms with E-state index in [-0.39, 0.29) is 6.61 Å². The zero-order valence-corrected chi connectivity index (χ0v) is 12.7. The average molecular weight is 278 g/mol. The first kappa shape index (κ1) is 16.2. The molecule has 0 fully saturated rings. The molecule has 0 saturated heterocycles. The lowest BCUT2D eigenvalue weighted by molar-refractivity contribution is -0.177. The number of ether oxygens (including phenoxy) is 2. The van der Waals surface area contributed by atoms with E-state index in [0.717, 1.165) is 5.56 Å². The Labute approximate surface area is 120 Å². The Morgan fingerprint density at radius 3 is 2.00 bits per heavy atom. The molecule has 110 valence electrons. The second-order valence-electron chi connectivity index (χ2n) is 6.19. The molecule has 1 aromatic rings. The summed E-state index contributed by atoms with van der Waals surface area (Å²) in [7, 11) is 0. The molecule has 0 aromatic heterocycles. The van der Waals surface area contributed by atoms with Crippen molar-refractivity contribution in [2.45, 2.75) is 46.8 Å². The third-order valence-corrected chi connectivity index (χ3v) is 2.63. The molecular weight excluding hydrogens is 256 g/mol. The summed E-state index contributed by atoms with van der Waals surface area (Å²) in [5, 5.41) is 0. The Balaban J connectivity index is 2.63. The highest BCUT2D eigenvalue weighted by atomic mass is 16.6. The van der Waals surface area contributed by atoms with Crippen molar-refractivity contribution in [3.8, 4) is 0 Å². The van der Waals surface area contributed by atoms with E-state index < -0.39 is 23.0 Å². The number of carbonyl (C=O) groups excluding carboxylic acids is 2. The van der Waals surface area contributed by atoms with E-state index in [1.165, 1.54) is 13.8 Å². The normalized spacial score (nSPS) is 11.8. The molecule has 4 nitrogen and oxygen atoms in total. The number of carbonyl (C=O) groups is 2. The van der Waals surface area contributed by atoms with E-state index in [4.69, 9.17) is 9.47 Å². The lowest BCUT2D eigenvalue weighted by atomic mass is 9.93. The first-order valence-corrected chi connectivity index (χ1v) is 6.57. The van der Waals surface area contributed by atoms with Crippen LogP contribution in [0.1, 0.15) is 40.2 Å². The highest BCUT2D eigenvalue weighted by Gasteiger charge is 2.41. The van der Waals surface area contributed by atoms with E-state index >= 15 is 0 Å². The molecule has 0 aliphatic rings. The maximum Gasteiger partial charge on any atom is 0.323 e. The summed E-state index contributed by atoms with van der Waals surface area (Å²) in [5.41, 5.74) is -1.07. The molecule has 0 atom stereocenters. The second-order valence-corrected chi connectivity index (χ2v) is 6.19. The van der Waals surface area contributed by atoms with Crippen molar-refractivity contribution in [2.24, 2.45) is 5.41 Å². The Morgan fingerprint density at radius 1 is 0.950 bits per heavy atom. The maximum atomic E-state index is 12.0. The van der Waals surface area contributed by atoms with Gasteiger partial charge in [0.2, 0.25) is 0 Å². The van der Waals surface area contributed by atoms with Gasteiger partial charge >= 0.3 is 11.9 Å². The molecule has 1 aromatic carbocycles. The fourth-order valence-electron chi connectivity index (χ4n) is 1.39. The van der Waals surface area contributed by atoms with Crippen LogP contribution in [0.15, 0.2) is 30.3 Å². The monoisotopic (exact) mass is 278 g/mol. The first-order valence-electron chi connectivity index (χ1n) is 6.57. The van der Waals surface area contributed by atoms with E-state index in [9.17, 15) is 9.59 Å². The number of rotatable bonds is 4. The van der Waals surface area contributed by atoms with Crippen LogP contribution in [0.3, 0.4) is 0 Å². The summed E-state index contributed by atoms with van der Waals surface area (Å²) in [5.74, 6) is -1.17. The van der Waals surface area contributed by atoms with Crippen LogP contribution in [-0.4, -0.2) is 17.5 Å². The summed E-state index contributed by atoms with van der Waals surface area (Å²) in [4.78, 5) is 24.1. The van der Waals surface area contributed by atoms with Gasteiger partial charge in [-0.15, -0.1) is 0 Å². The topological polar surface area (TPSA) is 52.6 Å². The van der Waals surface area contributed by atoms with Crippen LogP contribution in [0.5, 0.6) is 0 Å². The van der Waals surface area contributed by atoms with Crippen molar-refractivity contribution in [3.05, 3.63) is 35.9 Å². The van der Waals surface area contributed by atoms with Gasteiger partial charge in [0.05, 0.1) is 0 Å². The van der Waals surface area contributed by atoms with E-state index in [1.807, 2.05) is 30.3 Å². The Kier molecular flexibility index (Phi) is 4.93. The highest BCUT2D eigenvalue weighted by molar-refractivity contribution is 5.99. The van der Waals surface area contributed by atoms with Gasteiger partial charge < -0.3 is 9.47 Å². The van der Waals surface area contributed by atoms with Crippen molar-refractivity contribution >= 4 is 11.9 Å². The van der Waals surface area contributed by atoms with E-state index in [1.54, 1.807) is 20.8 Å². The van der Waals surface area contributed by atoms with Crippen LogP contribution in [0.25, 0.3) is 0 Å². The van der Waals surface area contributed by atoms with E-state index in [0.29, 0.717) is 0 Å². The third-order valence-electron chi connectivity index (χ3n) is 2.63. The number of hydrogen-bond donors (Lipinski definition) is 0. The van der Waals surface area contributed by atoms with Gasteiger partial charge in [0.25, 0.3) is 0 Å². The molecule has 0 heterocycles. The Morgan fingerprint density at radius 2 is 1.50 bits per heavy atom. The highest BCUT2D eigenvalue weighted by Crippen LogP contribution is 2.23. The van der Waals surface area contributed by atoms with Gasteiger partial charge in [-0.3, -0.25) is 9.59 Å². The minimum atomic E-state index is -1.32. The molecule has 0 aliphatic carbocycles. The van der Waals surface area contributed by atoms with Crippen molar-refractivity contribution in [1.82, 2.24) is 0 Å². The molecular formula is C16H22O4. The molecule has 4 heteroatoms. The van der Waals surface area contributed by atoms with Gasteiger partial charge in [0, 0.05) is 0 Å². The molecule has 0 bridgehead atoms. The van der Waals surface area contributed by atoms with Gasteiger partial charge in [-0.25, -0.2) is 0 Å². The number of esters is 2. The number of benzene rings is 1. The van der Waals surface area contributed by atoms with Gasteiger partial charge in [0.15, 0.2) is 5.41 Å². The fourth-order valence-corrected chi connectivity index (χ4v) is 1.39. The number of hydrogen-bond acceptors (Lipinski definition) is 4. The van der Waals surface area contributed by atoms with Crippen molar-refractivity contribution in [3.63, 3.8) is 0 Å². The summed E-state index contributed by atoms with van der Waals surface area (Å²) in [6.45, 7) is 8.44. The predicted octanol–water partition coefficient (Wildman–Crippen LogP) is 3.10. The molecule has 0 spiro atoms. The molecule has 0 aliphatic heterocycles. The van der Waals surface area contributed by atoms with Gasteiger partial charge in [-0.05, 0) is 40.2 Å².